The van der Waals surface area contributed by atoms with Crippen LogP contribution in [-0.4, -0.2) is 18.0 Å². The van der Waals surface area contributed by atoms with Crippen LogP contribution >= 0.6 is 0 Å². The lowest BCUT2D eigenvalue weighted by atomic mass is 9.63. The molecule has 0 saturated heterocycles. The average molecular weight is 236 g/mol. The van der Waals surface area contributed by atoms with Crippen molar-refractivity contribution in [2.24, 2.45) is 11.1 Å². The summed E-state index contributed by atoms with van der Waals surface area (Å²) in [6.45, 7) is 4.05. The lowest BCUT2D eigenvalue weighted by Gasteiger charge is -2.50. The SMILES string of the molecule is CC1(C)C(N)CC1NC(=O)c1cccc(F)c1. The number of rotatable bonds is 2. The maximum atomic E-state index is 13.0. The van der Waals surface area contributed by atoms with Gasteiger partial charge in [0.2, 0.25) is 0 Å². The minimum absolute atomic E-state index is 0.0632. The van der Waals surface area contributed by atoms with Crippen LogP contribution in [0.25, 0.3) is 0 Å². The molecular weight excluding hydrogens is 219 g/mol. The van der Waals surface area contributed by atoms with Crippen molar-refractivity contribution in [2.75, 3.05) is 0 Å². The van der Waals surface area contributed by atoms with Crippen LogP contribution in [0, 0.1) is 11.2 Å². The van der Waals surface area contributed by atoms with E-state index in [2.05, 4.69) is 5.32 Å². The third kappa shape index (κ3) is 2.17. The molecule has 92 valence electrons. The number of carbonyl (C=O) groups excluding carboxylic acids is 1. The molecule has 1 fully saturated rings. The number of hydrogen-bond acceptors (Lipinski definition) is 2. The topological polar surface area (TPSA) is 55.1 Å². The summed E-state index contributed by atoms with van der Waals surface area (Å²) >= 11 is 0. The smallest absolute Gasteiger partial charge is 0.251 e. The Morgan fingerprint density at radius 2 is 2.24 bits per heavy atom. The van der Waals surface area contributed by atoms with E-state index >= 15 is 0 Å². The van der Waals surface area contributed by atoms with Gasteiger partial charge in [-0.25, -0.2) is 4.39 Å². The van der Waals surface area contributed by atoms with Crippen LogP contribution in [0.15, 0.2) is 24.3 Å². The van der Waals surface area contributed by atoms with Gasteiger partial charge in [-0.1, -0.05) is 19.9 Å². The van der Waals surface area contributed by atoms with E-state index in [-0.39, 0.29) is 23.4 Å². The highest BCUT2D eigenvalue weighted by atomic mass is 19.1. The summed E-state index contributed by atoms with van der Waals surface area (Å²) in [5.41, 5.74) is 6.13. The van der Waals surface area contributed by atoms with E-state index in [1.54, 1.807) is 6.07 Å². The number of hydrogen-bond donors (Lipinski definition) is 2. The van der Waals surface area contributed by atoms with Crippen LogP contribution in [0.2, 0.25) is 0 Å². The first-order valence-electron chi connectivity index (χ1n) is 5.73. The molecule has 3 N–H and O–H groups in total. The summed E-state index contributed by atoms with van der Waals surface area (Å²) in [6, 6.07) is 5.86. The fraction of sp³-hybridized carbons (Fsp3) is 0.462. The molecule has 0 spiro atoms. The largest absolute Gasteiger partial charge is 0.349 e. The van der Waals surface area contributed by atoms with E-state index < -0.39 is 5.82 Å². The Kier molecular flexibility index (Phi) is 2.91. The van der Waals surface area contributed by atoms with Gasteiger partial charge in [-0.05, 0) is 24.6 Å². The van der Waals surface area contributed by atoms with Gasteiger partial charge < -0.3 is 11.1 Å². The van der Waals surface area contributed by atoms with Crippen molar-refractivity contribution in [1.82, 2.24) is 5.32 Å². The molecule has 2 atom stereocenters. The Bertz CT molecular complexity index is 445. The van der Waals surface area contributed by atoms with Crippen molar-refractivity contribution in [1.29, 1.82) is 0 Å². The number of benzene rings is 1. The van der Waals surface area contributed by atoms with Crippen molar-refractivity contribution in [3.8, 4) is 0 Å². The molecule has 1 aromatic carbocycles. The lowest BCUT2D eigenvalue weighted by molar-refractivity contribution is 0.0586. The number of nitrogens with one attached hydrogen (secondary N) is 1. The molecule has 0 bridgehead atoms. The standard InChI is InChI=1S/C13H17FN2O/c1-13(2)10(15)7-11(13)16-12(17)8-4-3-5-9(14)6-8/h3-6,10-11H,7,15H2,1-2H3,(H,16,17). The van der Waals surface area contributed by atoms with E-state index in [1.807, 2.05) is 13.8 Å². The molecule has 1 aliphatic carbocycles. The third-order valence-electron chi connectivity index (χ3n) is 3.74. The average Bonchev–Trinajstić information content (AvgIpc) is 2.28. The van der Waals surface area contributed by atoms with Crippen molar-refractivity contribution in [2.45, 2.75) is 32.4 Å². The van der Waals surface area contributed by atoms with Gasteiger partial charge in [0.1, 0.15) is 5.82 Å². The van der Waals surface area contributed by atoms with Crippen LogP contribution in [0.4, 0.5) is 4.39 Å². The maximum absolute atomic E-state index is 13.0. The van der Waals surface area contributed by atoms with E-state index in [0.29, 0.717) is 5.56 Å². The van der Waals surface area contributed by atoms with E-state index in [9.17, 15) is 9.18 Å². The number of halogens is 1. The van der Waals surface area contributed by atoms with Crippen LogP contribution in [0.1, 0.15) is 30.6 Å². The highest BCUT2D eigenvalue weighted by Crippen LogP contribution is 2.39. The van der Waals surface area contributed by atoms with Gasteiger partial charge in [-0.2, -0.15) is 0 Å². The lowest BCUT2D eigenvalue weighted by Crippen LogP contribution is -2.64. The molecule has 2 rings (SSSR count). The summed E-state index contributed by atoms with van der Waals surface area (Å²) in [6.07, 6.45) is 0.772. The van der Waals surface area contributed by atoms with Gasteiger partial charge in [-0.3, -0.25) is 4.79 Å². The third-order valence-corrected chi connectivity index (χ3v) is 3.74. The molecule has 0 radical (unpaired) electrons. The minimum atomic E-state index is -0.401. The minimum Gasteiger partial charge on any atom is -0.349 e. The highest BCUT2D eigenvalue weighted by molar-refractivity contribution is 5.94. The van der Waals surface area contributed by atoms with Gasteiger partial charge in [0, 0.05) is 23.1 Å². The second kappa shape index (κ2) is 4.11. The van der Waals surface area contributed by atoms with Gasteiger partial charge in [-0.15, -0.1) is 0 Å². The fourth-order valence-electron chi connectivity index (χ4n) is 2.08. The van der Waals surface area contributed by atoms with Crippen molar-refractivity contribution < 1.29 is 9.18 Å². The van der Waals surface area contributed by atoms with Crippen LogP contribution in [-0.2, 0) is 0 Å². The molecule has 0 aliphatic heterocycles. The Morgan fingerprint density at radius 3 is 2.76 bits per heavy atom. The monoisotopic (exact) mass is 236 g/mol. The second-order valence-electron chi connectivity index (χ2n) is 5.20. The molecular formula is C13H17FN2O. The second-order valence-corrected chi connectivity index (χ2v) is 5.20. The first-order valence-corrected chi connectivity index (χ1v) is 5.73. The van der Waals surface area contributed by atoms with Gasteiger partial charge in [0.25, 0.3) is 5.91 Å². The number of carbonyl (C=O) groups is 1. The van der Waals surface area contributed by atoms with Gasteiger partial charge in [0.05, 0.1) is 0 Å². The summed E-state index contributed by atoms with van der Waals surface area (Å²) in [5, 5.41) is 2.89. The summed E-state index contributed by atoms with van der Waals surface area (Å²) < 4.78 is 13.0. The van der Waals surface area contributed by atoms with Crippen molar-refractivity contribution in [3.05, 3.63) is 35.6 Å². The molecule has 17 heavy (non-hydrogen) atoms. The quantitative estimate of drug-likeness (QED) is 0.821. The number of nitrogens with two attached hydrogens (primary N) is 1. The predicted octanol–water partition coefficient (Wildman–Crippen LogP) is 1.68. The maximum Gasteiger partial charge on any atom is 0.251 e. The Labute approximate surface area is 100 Å². The predicted molar refractivity (Wildman–Crippen MR) is 64.0 cm³/mol. The fourth-order valence-corrected chi connectivity index (χ4v) is 2.08. The number of amides is 1. The molecule has 1 amide bonds. The molecule has 1 aromatic rings. The van der Waals surface area contributed by atoms with Gasteiger partial charge in [0.15, 0.2) is 0 Å². The zero-order valence-corrected chi connectivity index (χ0v) is 10.0. The Morgan fingerprint density at radius 1 is 1.53 bits per heavy atom. The van der Waals surface area contributed by atoms with Crippen molar-refractivity contribution in [3.63, 3.8) is 0 Å². The van der Waals surface area contributed by atoms with Crippen molar-refractivity contribution >= 4 is 5.91 Å². The Balaban J connectivity index is 2.04. The normalized spacial score (nSPS) is 26.1. The molecule has 3 nitrogen and oxygen atoms in total. The van der Waals surface area contributed by atoms with Crippen LogP contribution < -0.4 is 11.1 Å². The molecule has 1 aliphatic rings. The van der Waals surface area contributed by atoms with Gasteiger partial charge >= 0.3 is 0 Å². The molecule has 4 heteroatoms. The molecule has 0 heterocycles. The Hall–Kier alpha value is -1.42. The van der Waals surface area contributed by atoms with Crippen LogP contribution in [0.5, 0.6) is 0 Å². The van der Waals surface area contributed by atoms with E-state index in [4.69, 9.17) is 5.73 Å². The zero-order chi connectivity index (χ0) is 12.6. The highest BCUT2D eigenvalue weighted by Gasteiger charge is 2.46. The summed E-state index contributed by atoms with van der Waals surface area (Å²) in [4.78, 5) is 11.9. The molecule has 1 saturated carbocycles. The zero-order valence-electron chi connectivity index (χ0n) is 10.0. The van der Waals surface area contributed by atoms with E-state index in [1.165, 1.54) is 18.2 Å². The van der Waals surface area contributed by atoms with E-state index in [0.717, 1.165) is 6.42 Å². The summed E-state index contributed by atoms with van der Waals surface area (Å²) in [7, 11) is 0. The first kappa shape index (κ1) is 12.0. The summed E-state index contributed by atoms with van der Waals surface area (Å²) in [5.74, 6) is -0.642. The van der Waals surface area contributed by atoms with Crippen LogP contribution in [0.3, 0.4) is 0 Å². The molecule has 2 unspecified atom stereocenters. The molecule has 0 aromatic heterocycles. The first-order chi connectivity index (χ1) is 7.91.